The molecule has 20 heavy (non-hydrogen) atoms. The monoisotopic (exact) mass is 270 g/mol. The van der Waals surface area contributed by atoms with Crippen molar-refractivity contribution in [3.8, 4) is 17.6 Å². The summed E-state index contributed by atoms with van der Waals surface area (Å²) in [7, 11) is 0. The molecule has 0 fully saturated rings. The Kier molecular flexibility index (Phi) is 4.75. The highest BCUT2D eigenvalue weighted by Gasteiger charge is 2.04. The van der Waals surface area contributed by atoms with Crippen LogP contribution < -0.4 is 4.74 Å². The molecule has 0 atom stereocenters. The minimum absolute atomic E-state index is 0.241. The van der Waals surface area contributed by atoms with Crippen LogP contribution in [0.4, 0.5) is 4.39 Å². The van der Waals surface area contributed by atoms with Crippen molar-refractivity contribution < 1.29 is 14.2 Å². The Bertz CT molecular complexity index is 654. The Morgan fingerprint density at radius 3 is 2.80 bits per heavy atom. The third kappa shape index (κ3) is 3.84. The molecule has 1 N–H and O–H groups in total. The van der Waals surface area contributed by atoms with Gasteiger partial charge in [0.1, 0.15) is 24.8 Å². The largest absolute Gasteiger partial charge is 0.487 e. The van der Waals surface area contributed by atoms with Gasteiger partial charge < -0.3 is 9.84 Å². The van der Waals surface area contributed by atoms with E-state index in [1.54, 1.807) is 6.07 Å². The van der Waals surface area contributed by atoms with Gasteiger partial charge in [-0.2, -0.15) is 0 Å². The molecule has 0 aliphatic heterocycles. The second-order valence-electron chi connectivity index (χ2n) is 4.38. The average molecular weight is 270 g/mol. The molecule has 0 bridgehead atoms. The van der Waals surface area contributed by atoms with Crippen LogP contribution in [0.15, 0.2) is 42.5 Å². The summed E-state index contributed by atoms with van der Waals surface area (Å²) < 4.78 is 18.9. The fraction of sp³-hybridized carbons (Fsp3) is 0.176. The van der Waals surface area contributed by atoms with Crippen molar-refractivity contribution >= 4 is 0 Å². The van der Waals surface area contributed by atoms with Gasteiger partial charge in [0.05, 0.1) is 5.56 Å². The Morgan fingerprint density at radius 1 is 1.20 bits per heavy atom. The Labute approximate surface area is 117 Å². The molecule has 0 aliphatic carbocycles. The zero-order chi connectivity index (χ0) is 14.4. The number of aliphatic hydroxyl groups excluding tert-OH is 1. The van der Waals surface area contributed by atoms with E-state index in [0.717, 1.165) is 11.1 Å². The standard InChI is InChI=1S/C17H15FO2/c1-13-4-2-5-14(10-13)12-20-17-11-16(18)8-7-15(17)6-3-9-19/h2,4-5,7-8,10-11,19H,9,12H2,1H3. The molecule has 0 saturated carbocycles. The fourth-order valence-corrected chi connectivity index (χ4v) is 1.82. The molecule has 0 aromatic heterocycles. The van der Waals surface area contributed by atoms with Crippen molar-refractivity contribution in [1.82, 2.24) is 0 Å². The van der Waals surface area contributed by atoms with E-state index in [1.807, 2.05) is 31.2 Å². The minimum atomic E-state index is -0.376. The molecule has 102 valence electrons. The number of aliphatic hydroxyl groups is 1. The maximum absolute atomic E-state index is 13.3. The van der Waals surface area contributed by atoms with Gasteiger partial charge in [-0.1, -0.05) is 41.7 Å². The molecular formula is C17H15FO2. The first-order valence-electron chi connectivity index (χ1n) is 6.26. The lowest BCUT2D eigenvalue weighted by atomic mass is 10.1. The third-order valence-electron chi connectivity index (χ3n) is 2.72. The molecule has 2 nitrogen and oxygen atoms in total. The van der Waals surface area contributed by atoms with Crippen LogP contribution in [0.5, 0.6) is 5.75 Å². The van der Waals surface area contributed by atoms with Crippen LogP contribution in [0.1, 0.15) is 16.7 Å². The lowest BCUT2D eigenvalue weighted by Gasteiger charge is -2.09. The molecule has 0 radical (unpaired) electrons. The first kappa shape index (κ1) is 14.1. The van der Waals surface area contributed by atoms with Gasteiger partial charge >= 0.3 is 0 Å². The van der Waals surface area contributed by atoms with Crippen molar-refractivity contribution in [3.05, 3.63) is 65.0 Å². The zero-order valence-corrected chi connectivity index (χ0v) is 11.2. The van der Waals surface area contributed by atoms with E-state index >= 15 is 0 Å². The van der Waals surface area contributed by atoms with E-state index in [4.69, 9.17) is 9.84 Å². The Balaban J connectivity index is 2.17. The molecule has 0 amide bonds. The molecule has 0 aliphatic rings. The SMILES string of the molecule is Cc1cccc(COc2cc(F)ccc2C#CCO)c1. The van der Waals surface area contributed by atoms with Crippen molar-refractivity contribution in [3.63, 3.8) is 0 Å². The normalized spacial score (nSPS) is 9.75. The highest BCUT2D eigenvalue weighted by molar-refractivity contribution is 5.46. The van der Waals surface area contributed by atoms with Gasteiger partial charge in [-0.25, -0.2) is 4.39 Å². The number of aryl methyl sites for hydroxylation is 1. The van der Waals surface area contributed by atoms with Crippen LogP contribution in [0.3, 0.4) is 0 Å². The maximum Gasteiger partial charge on any atom is 0.138 e. The summed E-state index contributed by atoms with van der Waals surface area (Å²) in [6.45, 7) is 2.11. The van der Waals surface area contributed by atoms with Gasteiger partial charge in [0.25, 0.3) is 0 Å². The molecule has 2 rings (SSSR count). The summed E-state index contributed by atoms with van der Waals surface area (Å²) in [5, 5.41) is 8.72. The number of ether oxygens (including phenoxy) is 1. The average Bonchev–Trinajstić information content (AvgIpc) is 2.44. The minimum Gasteiger partial charge on any atom is -0.487 e. The molecule has 0 unspecified atom stereocenters. The van der Waals surface area contributed by atoms with Crippen molar-refractivity contribution in [2.45, 2.75) is 13.5 Å². The fourth-order valence-electron chi connectivity index (χ4n) is 1.82. The van der Waals surface area contributed by atoms with Crippen LogP contribution in [0, 0.1) is 24.6 Å². The highest BCUT2D eigenvalue weighted by Crippen LogP contribution is 2.20. The molecule has 0 spiro atoms. The van der Waals surface area contributed by atoms with Crippen LogP contribution in [-0.4, -0.2) is 11.7 Å². The molecular weight excluding hydrogens is 255 g/mol. The van der Waals surface area contributed by atoms with Gasteiger partial charge in [0.2, 0.25) is 0 Å². The topological polar surface area (TPSA) is 29.5 Å². The molecule has 0 saturated heterocycles. The highest BCUT2D eigenvalue weighted by atomic mass is 19.1. The molecule has 0 heterocycles. The first-order valence-corrected chi connectivity index (χ1v) is 6.26. The van der Waals surface area contributed by atoms with Gasteiger partial charge in [-0.15, -0.1) is 0 Å². The number of hydrogen-bond donors (Lipinski definition) is 1. The summed E-state index contributed by atoms with van der Waals surface area (Å²) in [4.78, 5) is 0. The first-order chi connectivity index (χ1) is 9.69. The van der Waals surface area contributed by atoms with Crippen molar-refractivity contribution in [2.75, 3.05) is 6.61 Å². The summed E-state index contributed by atoms with van der Waals surface area (Å²) in [6.07, 6.45) is 0. The van der Waals surface area contributed by atoms with Crippen LogP contribution in [0.25, 0.3) is 0 Å². The Morgan fingerprint density at radius 2 is 2.05 bits per heavy atom. The second-order valence-corrected chi connectivity index (χ2v) is 4.38. The molecule has 2 aromatic rings. The van der Waals surface area contributed by atoms with E-state index in [1.165, 1.54) is 12.1 Å². The smallest absolute Gasteiger partial charge is 0.138 e. The van der Waals surface area contributed by atoms with Crippen molar-refractivity contribution in [2.24, 2.45) is 0 Å². The van der Waals surface area contributed by atoms with Crippen molar-refractivity contribution in [1.29, 1.82) is 0 Å². The second kappa shape index (κ2) is 6.74. The van der Waals surface area contributed by atoms with Gasteiger partial charge in [0.15, 0.2) is 0 Å². The molecule has 2 aromatic carbocycles. The van der Waals surface area contributed by atoms with E-state index in [2.05, 4.69) is 11.8 Å². The van der Waals surface area contributed by atoms with E-state index in [9.17, 15) is 4.39 Å². The lowest BCUT2D eigenvalue weighted by molar-refractivity contribution is 0.303. The van der Waals surface area contributed by atoms with Gasteiger partial charge in [-0.05, 0) is 24.6 Å². The maximum atomic E-state index is 13.3. The predicted octanol–water partition coefficient (Wildman–Crippen LogP) is 3.06. The summed E-state index contributed by atoms with van der Waals surface area (Å²) in [6, 6.07) is 12.1. The number of benzene rings is 2. The third-order valence-corrected chi connectivity index (χ3v) is 2.72. The van der Waals surface area contributed by atoms with Gasteiger partial charge in [-0.3, -0.25) is 0 Å². The number of rotatable bonds is 3. The van der Waals surface area contributed by atoms with E-state index in [-0.39, 0.29) is 12.4 Å². The van der Waals surface area contributed by atoms with Crippen LogP contribution in [-0.2, 0) is 6.61 Å². The van der Waals surface area contributed by atoms with E-state index < -0.39 is 0 Å². The summed E-state index contributed by atoms with van der Waals surface area (Å²) in [5.74, 6) is 5.29. The molecule has 3 heteroatoms. The quantitative estimate of drug-likeness (QED) is 0.869. The predicted molar refractivity (Wildman–Crippen MR) is 75.9 cm³/mol. The van der Waals surface area contributed by atoms with E-state index in [0.29, 0.717) is 17.9 Å². The lowest BCUT2D eigenvalue weighted by Crippen LogP contribution is -1.98. The van der Waals surface area contributed by atoms with Crippen LogP contribution in [0.2, 0.25) is 0 Å². The van der Waals surface area contributed by atoms with Gasteiger partial charge in [0, 0.05) is 6.07 Å². The number of halogens is 1. The summed E-state index contributed by atoms with van der Waals surface area (Å²) >= 11 is 0. The Hall–Kier alpha value is -2.31. The zero-order valence-electron chi connectivity index (χ0n) is 11.2. The van der Waals surface area contributed by atoms with Crippen LogP contribution >= 0.6 is 0 Å². The summed E-state index contributed by atoms with van der Waals surface area (Å²) in [5.41, 5.74) is 2.72. The number of hydrogen-bond acceptors (Lipinski definition) is 2.